The zero-order valence-corrected chi connectivity index (χ0v) is 15.6. The van der Waals surface area contributed by atoms with Crippen LogP contribution in [0.5, 0.6) is 11.5 Å². The molecular formula is C19H22BN3O6. The zero-order chi connectivity index (χ0) is 21.1. The molecule has 0 amide bonds. The Bertz CT molecular complexity index is 930. The first-order valence-electron chi connectivity index (χ1n) is 9.06. The molecule has 0 unspecified atom stereocenters. The monoisotopic (exact) mass is 399 g/mol. The predicted molar refractivity (Wildman–Crippen MR) is 107 cm³/mol. The Morgan fingerprint density at radius 2 is 2.00 bits per heavy atom. The fraction of sp³-hybridized carbons (Fsp3) is 0.263. The summed E-state index contributed by atoms with van der Waals surface area (Å²) in [4.78, 5) is 13.4. The normalized spacial score (nSPS) is 13.7. The van der Waals surface area contributed by atoms with Crippen LogP contribution in [0.2, 0.25) is 6.32 Å². The van der Waals surface area contributed by atoms with Crippen molar-refractivity contribution in [2.24, 2.45) is 0 Å². The fourth-order valence-electron chi connectivity index (χ4n) is 3.15. The zero-order valence-electron chi connectivity index (χ0n) is 15.6. The van der Waals surface area contributed by atoms with E-state index in [4.69, 9.17) is 25.9 Å². The minimum atomic E-state index is -1.55. The number of amidine groups is 1. The Morgan fingerprint density at radius 1 is 1.28 bits per heavy atom. The Morgan fingerprint density at radius 3 is 2.62 bits per heavy atom. The summed E-state index contributed by atoms with van der Waals surface area (Å²) in [7, 11) is -1.55. The van der Waals surface area contributed by atoms with E-state index < -0.39 is 18.8 Å². The van der Waals surface area contributed by atoms with Gasteiger partial charge in [0.25, 0.3) is 0 Å². The van der Waals surface area contributed by atoms with Crippen LogP contribution >= 0.6 is 0 Å². The number of carboxylic acids is 1. The molecule has 7 N–H and O–H groups in total. The fourth-order valence-corrected chi connectivity index (χ4v) is 3.15. The van der Waals surface area contributed by atoms with Gasteiger partial charge in [0, 0.05) is 11.3 Å². The number of hydrogen-bond acceptors (Lipinski definition) is 7. The van der Waals surface area contributed by atoms with Crippen LogP contribution in [0.1, 0.15) is 21.5 Å². The van der Waals surface area contributed by atoms with Gasteiger partial charge in [0.2, 0.25) is 0 Å². The molecule has 1 heterocycles. The van der Waals surface area contributed by atoms with Crippen molar-refractivity contribution in [2.75, 3.05) is 18.8 Å². The molecular weight excluding hydrogens is 377 g/mol. The molecule has 2 aromatic rings. The lowest BCUT2D eigenvalue weighted by Crippen LogP contribution is -2.56. The molecule has 0 saturated carbocycles. The van der Waals surface area contributed by atoms with Crippen LogP contribution in [-0.2, 0) is 6.42 Å². The van der Waals surface area contributed by atoms with Crippen molar-refractivity contribution in [3.63, 3.8) is 0 Å². The standard InChI is InChI=1S/C19H22BN3O6/c21-13-3-1-2-12(8-13)18(22)23-9-14(10-23)29-15-5-4-11(6-7-20(27)28)17(24)16(15)19(25)26/h1-5,8,14,22,24,27-28H,6-7,9-10,21H2,(H,25,26). The van der Waals surface area contributed by atoms with Crippen LogP contribution in [0, 0.1) is 5.41 Å². The molecule has 2 aromatic carbocycles. The number of phenols is 1. The lowest BCUT2D eigenvalue weighted by Gasteiger charge is -2.40. The number of carbonyl (C=O) groups is 1. The van der Waals surface area contributed by atoms with Crippen molar-refractivity contribution in [1.82, 2.24) is 4.90 Å². The number of nitrogen functional groups attached to an aromatic ring is 1. The van der Waals surface area contributed by atoms with Crippen molar-refractivity contribution in [2.45, 2.75) is 18.8 Å². The highest BCUT2D eigenvalue weighted by molar-refractivity contribution is 6.41. The van der Waals surface area contributed by atoms with Crippen LogP contribution in [0.25, 0.3) is 0 Å². The predicted octanol–water partition coefficient (Wildman–Crippen LogP) is 0.776. The number of carboxylic acid groups (broad SMARTS) is 1. The van der Waals surface area contributed by atoms with Gasteiger partial charge in [-0.25, -0.2) is 4.79 Å². The summed E-state index contributed by atoms with van der Waals surface area (Å²) in [5.74, 6) is -1.45. The van der Waals surface area contributed by atoms with Gasteiger partial charge in [0.1, 0.15) is 29.0 Å². The highest BCUT2D eigenvalue weighted by Crippen LogP contribution is 2.34. The number of likely N-dealkylation sites (tertiary alicyclic amines) is 1. The number of aromatic hydroxyl groups is 1. The molecule has 9 nitrogen and oxygen atoms in total. The number of nitrogens with zero attached hydrogens (tertiary/aromatic N) is 1. The number of benzene rings is 2. The molecule has 0 aliphatic carbocycles. The maximum absolute atomic E-state index is 11.6. The topological polar surface area (TPSA) is 160 Å². The third kappa shape index (κ3) is 4.61. The summed E-state index contributed by atoms with van der Waals surface area (Å²) in [6.07, 6.45) is -0.256. The van der Waals surface area contributed by atoms with Crippen LogP contribution < -0.4 is 10.5 Å². The van der Waals surface area contributed by atoms with E-state index in [1.54, 1.807) is 29.2 Å². The molecule has 0 bridgehead atoms. The van der Waals surface area contributed by atoms with Gasteiger partial charge < -0.3 is 35.6 Å². The van der Waals surface area contributed by atoms with Gasteiger partial charge in [-0.2, -0.15) is 0 Å². The Hall–Kier alpha value is -3.24. The minimum Gasteiger partial charge on any atom is -0.507 e. The Labute approximate surface area is 167 Å². The van der Waals surface area contributed by atoms with Gasteiger partial charge in [0.15, 0.2) is 0 Å². The average molecular weight is 399 g/mol. The number of ether oxygens (including phenoxy) is 1. The molecule has 0 atom stereocenters. The minimum absolute atomic E-state index is 0.0310. The summed E-state index contributed by atoms with van der Waals surface area (Å²) in [6, 6.07) is 9.96. The molecule has 1 aliphatic rings. The number of anilines is 1. The third-order valence-corrected chi connectivity index (χ3v) is 4.73. The highest BCUT2D eigenvalue weighted by Gasteiger charge is 2.32. The summed E-state index contributed by atoms with van der Waals surface area (Å²) in [6.45, 7) is 0.790. The van der Waals surface area contributed by atoms with E-state index in [1.165, 1.54) is 12.1 Å². The Balaban J connectivity index is 1.67. The largest absolute Gasteiger partial charge is 0.507 e. The van der Waals surface area contributed by atoms with E-state index in [2.05, 4.69) is 0 Å². The smallest absolute Gasteiger partial charge is 0.451 e. The van der Waals surface area contributed by atoms with Gasteiger partial charge in [-0.15, -0.1) is 0 Å². The quantitative estimate of drug-likeness (QED) is 0.172. The maximum Gasteiger partial charge on any atom is 0.451 e. The van der Waals surface area contributed by atoms with Crippen LogP contribution in [0.15, 0.2) is 36.4 Å². The number of rotatable bonds is 7. The molecule has 152 valence electrons. The van der Waals surface area contributed by atoms with Gasteiger partial charge >= 0.3 is 13.1 Å². The first-order chi connectivity index (χ1) is 13.8. The first-order valence-corrected chi connectivity index (χ1v) is 9.06. The number of nitrogens with one attached hydrogen (secondary N) is 1. The van der Waals surface area contributed by atoms with Crippen molar-refractivity contribution in [3.8, 4) is 11.5 Å². The second-order valence-corrected chi connectivity index (χ2v) is 6.89. The van der Waals surface area contributed by atoms with Crippen LogP contribution in [0.3, 0.4) is 0 Å². The van der Waals surface area contributed by atoms with Crippen molar-refractivity contribution in [1.29, 1.82) is 5.41 Å². The van der Waals surface area contributed by atoms with Crippen molar-refractivity contribution in [3.05, 3.63) is 53.1 Å². The molecule has 10 heteroatoms. The molecule has 1 aliphatic heterocycles. The number of aromatic carboxylic acids is 1. The Kier molecular flexibility index (Phi) is 5.95. The van der Waals surface area contributed by atoms with Gasteiger partial charge in [-0.3, -0.25) is 5.41 Å². The van der Waals surface area contributed by atoms with E-state index in [9.17, 15) is 15.0 Å². The second-order valence-electron chi connectivity index (χ2n) is 6.89. The SMILES string of the molecule is N=C(c1cccc(N)c1)N1CC(Oc2ccc(CCB(O)O)c(O)c2C(=O)O)C1. The average Bonchev–Trinajstić information content (AvgIpc) is 2.62. The maximum atomic E-state index is 11.6. The number of aryl methyl sites for hydroxylation is 1. The number of nitrogens with two attached hydrogens (primary N) is 1. The third-order valence-electron chi connectivity index (χ3n) is 4.73. The molecule has 1 fully saturated rings. The summed E-state index contributed by atoms with van der Waals surface area (Å²) >= 11 is 0. The van der Waals surface area contributed by atoms with E-state index in [1.807, 2.05) is 0 Å². The molecule has 3 rings (SSSR count). The van der Waals surface area contributed by atoms with Crippen LogP contribution in [-0.4, -0.2) is 63.3 Å². The van der Waals surface area contributed by atoms with E-state index >= 15 is 0 Å². The summed E-state index contributed by atoms with van der Waals surface area (Å²) in [5, 5.41) is 45.9. The van der Waals surface area contributed by atoms with Gasteiger partial charge in [-0.1, -0.05) is 18.2 Å². The summed E-state index contributed by atoms with van der Waals surface area (Å²) in [5.41, 5.74) is 6.93. The highest BCUT2D eigenvalue weighted by atomic mass is 16.5. The van der Waals surface area contributed by atoms with Crippen molar-refractivity contribution < 1.29 is 29.8 Å². The first kappa shape index (κ1) is 20.5. The van der Waals surface area contributed by atoms with E-state index in [-0.39, 0.29) is 30.2 Å². The second kappa shape index (κ2) is 8.42. The van der Waals surface area contributed by atoms with Gasteiger partial charge in [0.05, 0.1) is 13.1 Å². The molecule has 0 aromatic heterocycles. The van der Waals surface area contributed by atoms with E-state index in [0.29, 0.717) is 35.7 Å². The van der Waals surface area contributed by atoms with Crippen LogP contribution in [0.4, 0.5) is 5.69 Å². The lowest BCUT2D eigenvalue weighted by molar-refractivity contribution is 0.0596. The van der Waals surface area contributed by atoms with Crippen molar-refractivity contribution >= 4 is 24.6 Å². The molecule has 29 heavy (non-hydrogen) atoms. The van der Waals surface area contributed by atoms with Gasteiger partial charge in [-0.05, 0) is 36.5 Å². The number of hydrogen-bond donors (Lipinski definition) is 6. The lowest BCUT2D eigenvalue weighted by atomic mass is 9.82. The molecule has 0 radical (unpaired) electrons. The summed E-state index contributed by atoms with van der Waals surface area (Å²) < 4.78 is 5.74. The molecule has 1 saturated heterocycles. The molecule has 0 spiro atoms. The van der Waals surface area contributed by atoms with E-state index in [0.717, 1.165) is 0 Å².